The fourth-order valence-electron chi connectivity index (χ4n) is 3.81. The molecule has 2 aromatic rings. The zero-order valence-electron chi connectivity index (χ0n) is 16.0. The van der Waals surface area contributed by atoms with Crippen LogP contribution in [0, 0.1) is 0 Å². The number of rotatable bonds is 4. The summed E-state index contributed by atoms with van der Waals surface area (Å²) in [6.45, 7) is 3.09. The summed E-state index contributed by atoms with van der Waals surface area (Å²) in [5, 5.41) is 0.680. The molecule has 8 nitrogen and oxygen atoms in total. The Labute approximate surface area is 172 Å². The molecule has 9 heteroatoms. The highest BCUT2D eigenvalue weighted by atomic mass is 35.5. The lowest BCUT2D eigenvalue weighted by molar-refractivity contribution is 0.0739. The van der Waals surface area contributed by atoms with Gasteiger partial charge in [0.25, 0.3) is 11.5 Å². The SMILES string of the molecule is O=C(c1c[nH]c(=O)n(CC2CCCO2)c1=O)N1CCN(c2ccc(Cl)cc2)CC1. The monoisotopic (exact) mass is 418 g/mol. The summed E-state index contributed by atoms with van der Waals surface area (Å²) < 4.78 is 6.60. The van der Waals surface area contributed by atoms with Crippen molar-refractivity contribution < 1.29 is 9.53 Å². The van der Waals surface area contributed by atoms with E-state index in [9.17, 15) is 14.4 Å². The standard InChI is InChI=1S/C20H23ClN4O4/c21-14-3-5-15(6-4-14)23-7-9-24(10-8-23)18(26)17-12-22-20(28)25(19(17)27)13-16-2-1-11-29-16/h3-6,12,16H,1-2,7-11,13H2,(H,22,28). The van der Waals surface area contributed by atoms with Crippen LogP contribution >= 0.6 is 11.6 Å². The lowest BCUT2D eigenvalue weighted by Gasteiger charge is -2.36. The third-order valence-electron chi connectivity index (χ3n) is 5.46. The van der Waals surface area contributed by atoms with Gasteiger partial charge in [-0.1, -0.05) is 11.6 Å². The quantitative estimate of drug-likeness (QED) is 0.809. The van der Waals surface area contributed by atoms with E-state index in [0.29, 0.717) is 37.8 Å². The number of amides is 1. The minimum atomic E-state index is -0.561. The van der Waals surface area contributed by atoms with Crippen molar-refractivity contribution in [2.24, 2.45) is 0 Å². The van der Waals surface area contributed by atoms with Crippen LogP contribution in [0.3, 0.4) is 0 Å². The van der Waals surface area contributed by atoms with Gasteiger partial charge in [-0.25, -0.2) is 4.79 Å². The molecule has 0 aliphatic carbocycles. The van der Waals surface area contributed by atoms with E-state index in [4.69, 9.17) is 16.3 Å². The summed E-state index contributed by atoms with van der Waals surface area (Å²) >= 11 is 5.94. The van der Waals surface area contributed by atoms with E-state index < -0.39 is 11.2 Å². The Morgan fingerprint density at radius 1 is 1.14 bits per heavy atom. The Balaban J connectivity index is 1.46. The molecule has 1 amide bonds. The molecule has 0 saturated carbocycles. The third-order valence-corrected chi connectivity index (χ3v) is 5.71. The number of carbonyl (C=O) groups excluding carboxylic acids is 1. The van der Waals surface area contributed by atoms with Crippen molar-refractivity contribution in [1.82, 2.24) is 14.5 Å². The fourth-order valence-corrected chi connectivity index (χ4v) is 3.94. The summed E-state index contributed by atoms with van der Waals surface area (Å²) in [6, 6.07) is 7.58. The van der Waals surface area contributed by atoms with Crippen molar-refractivity contribution in [2.45, 2.75) is 25.5 Å². The van der Waals surface area contributed by atoms with Gasteiger partial charge in [-0.2, -0.15) is 0 Å². The Kier molecular flexibility index (Phi) is 5.73. The largest absolute Gasteiger partial charge is 0.376 e. The number of carbonyl (C=O) groups is 1. The maximum atomic E-state index is 12.9. The minimum Gasteiger partial charge on any atom is -0.376 e. The smallest absolute Gasteiger partial charge is 0.328 e. The van der Waals surface area contributed by atoms with E-state index >= 15 is 0 Å². The van der Waals surface area contributed by atoms with Gasteiger partial charge < -0.3 is 19.5 Å². The van der Waals surface area contributed by atoms with Gasteiger partial charge in [0.1, 0.15) is 5.56 Å². The van der Waals surface area contributed by atoms with Crippen LogP contribution in [0.1, 0.15) is 23.2 Å². The van der Waals surface area contributed by atoms with Crippen LogP contribution in [0.25, 0.3) is 0 Å². The maximum absolute atomic E-state index is 12.9. The van der Waals surface area contributed by atoms with Crippen LogP contribution in [0.4, 0.5) is 5.69 Å². The van der Waals surface area contributed by atoms with Crippen molar-refractivity contribution in [2.75, 3.05) is 37.7 Å². The highest BCUT2D eigenvalue weighted by molar-refractivity contribution is 6.30. The molecule has 2 fully saturated rings. The highest BCUT2D eigenvalue weighted by Crippen LogP contribution is 2.20. The molecule has 3 heterocycles. The van der Waals surface area contributed by atoms with Crippen LogP contribution in [0.2, 0.25) is 5.02 Å². The number of benzene rings is 1. The Bertz CT molecular complexity index is 987. The summed E-state index contributed by atoms with van der Waals surface area (Å²) in [5.41, 5.74) is -0.0454. The number of halogens is 1. The number of hydrogen-bond acceptors (Lipinski definition) is 5. The molecule has 4 rings (SSSR count). The average molecular weight is 419 g/mol. The molecule has 0 bridgehead atoms. The van der Waals surface area contributed by atoms with Crippen LogP contribution in [0.15, 0.2) is 40.1 Å². The van der Waals surface area contributed by atoms with E-state index in [1.807, 2.05) is 24.3 Å². The number of ether oxygens (including phenoxy) is 1. The van der Waals surface area contributed by atoms with Crippen molar-refractivity contribution >= 4 is 23.2 Å². The van der Waals surface area contributed by atoms with Crippen LogP contribution in [-0.2, 0) is 11.3 Å². The molecule has 1 unspecified atom stereocenters. The summed E-state index contributed by atoms with van der Waals surface area (Å²) in [4.78, 5) is 44.2. The summed E-state index contributed by atoms with van der Waals surface area (Å²) in [6.07, 6.45) is 2.77. The second-order valence-electron chi connectivity index (χ2n) is 7.31. The van der Waals surface area contributed by atoms with Gasteiger partial charge in [0.2, 0.25) is 0 Å². The first-order valence-corrected chi connectivity index (χ1v) is 10.1. The van der Waals surface area contributed by atoms with Gasteiger partial charge in [-0.05, 0) is 37.1 Å². The molecule has 1 aromatic heterocycles. The first kappa shape index (κ1) is 19.7. The van der Waals surface area contributed by atoms with E-state index in [0.717, 1.165) is 23.1 Å². The summed E-state index contributed by atoms with van der Waals surface area (Å²) in [7, 11) is 0. The number of aromatic nitrogens is 2. The molecule has 29 heavy (non-hydrogen) atoms. The number of nitrogens with zero attached hydrogens (tertiary/aromatic N) is 3. The van der Waals surface area contributed by atoms with Crippen LogP contribution in [-0.4, -0.2) is 59.2 Å². The van der Waals surface area contributed by atoms with Crippen molar-refractivity contribution in [1.29, 1.82) is 0 Å². The number of hydrogen-bond donors (Lipinski definition) is 1. The zero-order valence-corrected chi connectivity index (χ0v) is 16.7. The van der Waals surface area contributed by atoms with E-state index in [1.165, 1.54) is 6.20 Å². The molecule has 154 valence electrons. The second-order valence-corrected chi connectivity index (χ2v) is 7.75. The van der Waals surface area contributed by atoms with Crippen molar-refractivity contribution in [3.05, 3.63) is 61.9 Å². The predicted octanol–water partition coefficient (Wildman–Crippen LogP) is 1.33. The fraction of sp³-hybridized carbons (Fsp3) is 0.450. The Morgan fingerprint density at radius 2 is 1.86 bits per heavy atom. The first-order chi connectivity index (χ1) is 14.0. The molecular weight excluding hydrogens is 396 g/mol. The van der Waals surface area contributed by atoms with Gasteiger partial charge >= 0.3 is 5.69 Å². The Hall–Kier alpha value is -2.58. The highest BCUT2D eigenvalue weighted by Gasteiger charge is 2.26. The number of anilines is 1. The molecule has 1 N–H and O–H groups in total. The van der Waals surface area contributed by atoms with E-state index in [1.54, 1.807) is 4.90 Å². The van der Waals surface area contributed by atoms with Crippen LogP contribution < -0.4 is 16.1 Å². The van der Waals surface area contributed by atoms with E-state index in [-0.39, 0.29) is 24.1 Å². The number of aromatic amines is 1. The lowest BCUT2D eigenvalue weighted by atomic mass is 10.2. The Morgan fingerprint density at radius 3 is 2.52 bits per heavy atom. The molecule has 2 aliphatic rings. The van der Waals surface area contributed by atoms with Gasteiger partial charge in [0, 0.05) is 49.7 Å². The molecule has 2 aliphatic heterocycles. The molecule has 0 spiro atoms. The summed E-state index contributed by atoms with van der Waals surface area (Å²) in [5.74, 6) is -0.358. The molecule has 2 saturated heterocycles. The number of nitrogens with one attached hydrogen (secondary N) is 1. The lowest BCUT2D eigenvalue weighted by Crippen LogP contribution is -2.51. The topological polar surface area (TPSA) is 87.6 Å². The minimum absolute atomic E-state index is 0.0115. The average Bonchev–Trinajstić information content (AvgIpc) is 3.25. The van der Waals surface area contributed by atoms with Gasteiger partial charge in [-0.15, -0.1) is 0 Å². The molecule has 1 aromatic carbocycles. The third kappa shape index (κ3) is 4.23. The van der Waals surface area contributed by atoms with Crippen molar-refractivity contribution in [3.8, 4) is 0 Å². The van der Waals surface area contributed by atoms with Gasteiger partial charge in [-0.3, -0.25) is 14.2 Å². The number of H-pyrrole nitrogens is 1. The zero-order chi connectivity index (χ0) is 20.4. The van der Waals surface area contributed by atoms with E-state index in [2.05, 4.69) is 9.88 Å². The number of piperazine rings is 1. The van der Waals surface area contributed by atoms with Gasteiger partial charge in [0.05, 0.1) is 12.6 Å². The predicted molar refractivity (Wildman–Crippen MR) is 110 cm³/mol. The van der Waals surface area contributed by atoms with Crippen LogP contribution in [0.5, 0.6) is 0 Å². The normalized spacial score (nSPS) is 19.6. The molecule has 0 radical (unpaired) electrons. The maximum Gasteiger partial charge on any atom is 0.328 e. The molecular formula is C20H23ClN4O4. The van der Waals surface area contributed by atoms with Gasteiger partial charge in [0.15, 0.2) is 0 Å². The first-order valence-electron chi connectivity index (χ1n) is 9.77. The molecule has 1 atom stereocenters. The second kappa shape index (κ2) is 8.42. The van der Waals surface area contributed by atoms with Crippen molar-refractivity contribution in [3.63, 3.8) is 0 Å².